The largest absolute Gasteiger partial charge is 0.465 e. The van der Waals surface area contributed by atoms with Crippen molar-refractivity contribution in [3.8, 4) is 0 Å². The number of nitrogens with one attached hydrogen (secondary N) is 1. The van der Waals surface area contributed by atoms with Gasteiger partial charge in [0.25, 0.3) is 0 Å². The maximum Gasteiger partial charge on any atom is 0.337 e. The highest BCUT2D eigenvalue weighted by atomic mass is 35.5. The molecule has 0 spiro atoms. The summed E-state index contributed by atoms with van der Waals surface area (Å²) in [5, 5.41) is 2.62. The maximum atomic E-state index is 14.4. The van der Waals surface area contributed by atoms with E-state index >= 15 is 0 Å². The molecule has 3 aromatic rings. The van der Waals surface area contributed by atoms with Gasteiger partial charge in [0.15, 0.2) is 0 Å². The molecule has 0 radical (unpaired) electrons. The van der Waals surface area contributed by atoms with Crippen LogP contribution < -0.4 is 5.32 Å². The van der Waals surface area contributed by atoms with E-state index < -0.39 is 40.8 Å². The van der Waals surface area contributed by atoms with Crippen molar-refractivity contribution < 1.29 is 27.1 Å². The third-order valence-electron chi connectivity index (χ3n) is 4.96. The molecule has 0 aliphatic rings. The average Bonchev–Trinajstić information content (AvgIpc) is 2.81. The van der Waals surface area contributed by atoms with Gasteiger partial charge in [0.1, 0.15) is 5.82 Å². The van der Waals surface area contributed by atoms with Crippen LogP contribution in [0.3, 0.4) is 0 Å². The first-order valence-electron chi connectivity index (χ1n) is 10.1. The van der Waals surface area contributed by atoms with E-state index in [4.69, 9.17) is 11.6 Å². The monoisotopic (exact) mass is 504 g/mol. The van der Waals surface area contributed by atoms with Crippen LogP contribution in [0.2, 0.25) is 5.02 Å². The van der Waals surface area contributed by atoms with E-state index in [1.165, 1.54) is 61.7 Å². The summed E-state index contributed by atoms with van der Waals surface area (Å²) in [5.41, 5.74) is 1.44. The summed E-state index contributed by atoms with van der Waals surface area (Å²) in [7, 11) is -2.92. The summed E-state index contributed by atoms with van der Waals surface area (Å²) >= 11 is 6.11. The van der Waals surface area contributed by atoms with Crippen LogP contribution in [0.5, 0.6) is 0 Å². The minimum atomic E-state index is -4.17. The van der Waals surface area contributed by atoms with Gasteiger partial charge in [-0.2, -0.15) is 4.31 Å². The zero-order valence-corrected chi connectivity index (χ0v) is 20.0. The molecule has 0 aromatic heterocycles. The normalized spacial score (nSPS) is 11.3. The molecule has 0 fully saturated rings. The predicted molar refractivity (Wildman–Crippen MR) is 127 cm³/mol. The molecular formula is C24H22ClFN2O5S. The summed E-state index contributed by atoms with van der Waals surface area (Å²) in [6.07, 6.45) is 0. The summed E-state index contributed by atoms with van der Waals surface area (Å²) in [6, 6.07) is 16.0. The van der Waals surface area contributed by atoms with Gasteiger partial charge < -0.3 is 10.1 Å². The van der Waals surface area contributed by atoms with Crippen LogP contribution in [0, 0.1) is 12.7 Å². The van der Waals surface area contributed by atoms with Gasteiger partial charge in [-0.15, -0.1) is 0 Å². The van der Waals surface area contributed by atoms with Crippen molar-refractivity contribution in [1.82, 2.24) is 4.31 Å². The Balaban J connectivity index is 1.88. The number of benzene rings is 3. The molecule has 0 atom stereocenters. The second kappa shape index (κ2) is 10.8. The van der Waals surface area contributed by atoms with Gasteiger partial charge >= 0.3 is 5.97 Å². The molecule has 0 unspecified atom stereocenters. The van der Waals surface area contributed by atoms with Crippen LogP contribution in [0.25, 0.3) is 0 Å². The number of sulfonamides is 1. The van der Waals surface area contributed by atoms with Crippen LogP contribution in [-0.4, -0.2) is 38.3 Å². The van der Waals surface area contributed by atoms with Crippen molar-refractivity contribution >= 4 is 39.2 Å². The van der Waals surface area contributed by atoms with Crippen LogP contribution in [0.4, 0.5) is 10.1 Å². The summed E-state index contributed by atoms with van der Waals surface area (Å²) in [5.74, 6) is -1.88. The van der Waals surface area contributed by atoms with E-state index in [-0.39, 0.29) is 15.5 Å². The highest BCUT2D eigenvalue weighted by molar-refractivity contribution is 7.89. The fraction of sp³-hybridized carbons (Fsp3) is 0.167. The van der Waals surface area contributed by atoms with Gasteiger partial charge in [-0.3, -0.25) is 4.79 Å². The van der Waals surface area contributed by atoms with E-state index in [0.717, 1.165) is 9.87 Å². The number of hydrogen-bond donors (Lipinski definition) is 1. The number of aryl methyl sites for hydroxylation is 1. The average molecular weight is 505 g/mol. The standard InChI is InChI=1S/C24H22ClFN2O5S/c1-16-6-12-19(13-7-16)34(31,32)28(14-20-21(25)4-3-5-22(20)26)15-23(29)27-18-10-8-17(9-11-18)24(30)33-2/h3-13H,14-15H2,1-2H3,(H,27,29). The Morgan fingerprint density at radius 3 is 2.26 bits per heavy atom. The number of nitrogens with zero attached hydrogens (tertiary/aromatic N) is 1. The second-order valence-electron chi connectivity index (χ2n) is 7.40. The molecule has 178 valence electrons. The molecule has 0 heterocycles. The Hall–Kier alpha value is -3.27. The number of carbonyl (C=O) groups excluding carboxylic acids is 2. The number of methoxy groups -OCH3 is 1. The van der Waals surface area contributed by atoms with Gasteiger partial charge in [-0.1, -0.05) is 35.4 Å². The molecule has 1 N–H and O–H groups in total. The first-order chi connectivity index (χ1) is 16.1. The number of esters is 1. The first kappa shape index (κ1) is 25.4. The van der Waals surface area contributed by atoms with E-state index in [9.17, 15) is 22.4 Å². The Kier molecular flexibility index (Phi) is 8.03. The summed E-state index contributed by atoms with van der Waals surface area (Å²) < 4.78 is 46.6. The molecule has 7 nitrogen and oxygen atoms in total. The summed E-state index contributed by atoms with van der Waals surface area (Å²) in [4.78, 5) is 24.3. The Bertz CT molecular complexity index is 1280. The predicted octanol–water partition coefficient (Wildman–Crippen LogP) is 4.40. The van der Waals surface area contributed by atoms with Crippen LogP contribution in [-0.2, 0) is 26.1 Å². The number of ether oxygens (including phenoxy) is 1. The lowest BCUT2D eigenvalue weighted by molar-refractivity contribution is -0.116. The van der Waals surface area contributed by atoms with Gasteiger partial charge in [0.05, 0.1) is 24.1 Å². The molecule has 3 aromatic carbocycles. The first-order valence-corrected chi connectivity index (χ1v) is 11.9. The third kappa shape index (κ3) is 5.99. The highest BCUT2D eigenvalue weighted by Gasteiger charge is 2.28. The van der Waals surface area contributed by atoms with Crippen molar-refractivity contribution in [2.24, 2.45) is 0 Å². The number of halogens is 2. The highest BCUT2D eigenvalue weighted by Crippen LogP contribution is 2.25. The molecule has 0 aliphatic heterocycles. The lowest BCUT2D eigenvalue weighted by Crippen LogP contribution is -2.38. The maximum absolute atomic E-state index is 14.4. The fourth-order valence-corrected chi connectivity index (χ4v) is 4.70. The van der Waals surface area contributed by atoms with E-state index in [1.807, 2.05) is 6.92 Å². The van der Waals surface area contributed by atoms with Gasteiger partial charge in [-0.05, 0) is 55.5 Å². The molecule has 34 heavy (non-hydrogen) atoms. The van der Waals surface area contributed by atoms with E-state index in [1.54, 1.807) is 12.1 Å². The van der Waals surface area contributed by atoms with E-state index in [2.05, 4.69) is 10.1 Å². The third-order valence-corrected chi connectivity index (χ3v) is 7.12. The van der Waals surface area contributed by atoms with Crippen LogP contribution in [0.1, 0.15) is 21.5 Å². The van der Waals surface area contributed by atoms with Crippen LogP contribution in [0.15, 0.2) is 71.6 Å². The van der Waals surface area contributed by atoms with Gasteiger partial charge in [0.2, 0.25) is 15.9 Å². The number of carbonyl (C=O) groups is 2. The number of rotatable bonds is 8. The summed E-state index contributed by atoms with van der Waals surface area (Å²) in [6.45, 7) is 0.766. The minimum Gasteiger partial charge on any atom is -0.465 e. The Labute approximate surface area is 202 Å². The molecule has 0 bridgehead atoms. The lowest BCUT2D eigenvalue weighted by Gasteiger charge is -2.23. The van der Waals surface area contributed by atoms with Crippen molar-refractivity contribution in [3.63, 3.8) is 0 Å². The molecular weight excluding hydrogens is 483 g/mol. The zero-order chi connectivity index (χ0) is 24.9. The van der Waals surface area contributed by atoms with Gasteiger partial charge in [-0.25, -0.2) is 17.6 Å². The molecule has 10 heteroatoms. The Morgan fingerprint density at radius 2 is 1.68 bits per heavy atom. The lowest BCUT2D eigenvalue weighted by atomic mass is 10.2. The number of hydrogen-bond acceptors (Lipinski definition) is 5. The van der Waals surface area contributed by atoms with Crippen LogP contribution >= 0.6 is 11.6 Å². The minimum absolute atomic E-state index is 0.0409. The fourth-order valence-electron chi connectivity index (χ4n) is 3.11. The van der Waals surface area contributed by atoms with Crippen molar-refractivity contribution in [1.29, 1.82) is 0 Å². The molecule has 0 aliphatic carbocycles. The smallest absolute Gasteiger partial charge is 0.337 e. The SMILES string of the molecule is COC(=O)c1ccc(NC(=O)CN(Cc2c(F)cccc2Cl)S(=O)(=O)c2ccc(C)cc2)cc1. The zero-order valence-electron chi connectivity index (χ0n) is 18.4. The molecule has 0 saturated carbocycles. The topological polar surface area (TPSA) is 92.8 Å². The van der Waals surface area contributed by atoms with Crippen molar-refractivity contribution in [2.75, 3.05) is 19.0 Å². The molecule has 0 saturated heterocycles. The molecule has 3 rings (SSSR count). The van der Waals surface area contributed by atoms with Crippen molar-refractivity contribution in [2.45, 2.75) is 18.4 Å². The Morgan fingerprint density at radius 1 is 1.03 bits per heavy atom. The second-order valence-corrected chi connectivity index (χ2v) is 9.75. The van der Waals surface area contributed by atoms with Gasteiger partial charge in [0, 0.05) is 22.8 Å². The van der Waals surface area contributed by atoms with Crippen molar-refractivity contribution in [3.05, 3.63) is 94.3 Å². The quantitative estimate of drug-likeness (QED) is 0.459. The van der Waals surface area contributed by atoms with E-state index in [0.29, 0.717) is 11.3 Å². The number of amides is 1. The number of anilines is 1. The molecule has 1 amide bonds.